The molecule has 0 aromatic carbocycles. The van der Waals surface area contributed by atoms with E-state index in [1.54, 1.807) is 6.20 Å². The number of rotatable bonds is 2. The lowest BCUT2D eigenvalue weighted by atomic mass is 10.1. The summed E-state index contributed by atoms with van der Waals surface area (Å²) >= 11 is 0. The highest BCUT2D eigenvalue weighted by atomic mass is 16.5. The van der Waals surface area contributed by atoms with Crippen LogP contribution < -0.4 is 0 Å². The van der Waals surface area contributed by atoms with Gasteiger partial charge in [-0.15, -0.1) is 0 Å². The van der Waals surface area contributed by atoms with Crippen LogP contribution in [0, 0.1) is 0 Å². The molecule has 0 amide bonds. The number of ether oxygens (including phenoxy) is 1. The second-order valence-electron chi connectivity index (χ2n) is 4.44. The van der Waals surface area contributed by atoms with Gasteiger partial charge in [-0.25, -0.2) is 15.0 Å². The molecule has 0 saturated carbocycles. The lowest BCUT2D eigenvalue weighted by Gasteiger charge is -2.23. The first-order chi connectivity index (χ1) is 8.88. The van der Waals surface area contributed by atoms with Crippen molar-refractivity contribution in [3.05, 3.63) is 24.3 Å². The van der Waals surface area contributed by atoms with Gasteiger partial charge in [0, 0.05) is 19.3 Å². The highest BCUT2D eigenvalue weighted by Crippen LogP contribution is 2.23. The lowest BCUT2D eigenvalue weighted by molar-refractivity contribution is 0.0704. The van der Waals surface area contributed by atoms with Gasteiger partial charge in [-0.1, -0.05) is 6.08 Å². The van der Waals surface area contributed by atoms with E-state index >= 15 is 0 Å². The van der Waals surface area contributed by atoms with Gasteiger partial charge in [0.15, 0.2) is 11.3 Å². The highest BCUT2D eigenvalue weighted by Gasteiger charge is 2.18. The summed E-state index contributed by atoms with van der Waals surface area (Å²) in [4.78, 5) is 13.3. The largest absolute Gasteiger partial charge is 0.381 e. The van der Waals surface area contributed by atoms with Gasteiger partial charge in [0.2, 0.25) is 0 Å². The molecule has 2 aromatic heterocycles. The maximum atomic E-state index is 5.39. The number of imidazole rings is 1. The molecule has 1 aliphatic heterocycles. The first-order valence-electron chi connectivity index (χ1n) is 6.28. The third-order valence-corrected chi connectivity index (χ3v) is 3.22. The molecular formula is C13H16N4O. The van der Waals surface area contributed by atoms with E-state index in [9.17, 15) is 0 Å². The molecule has 2 aromatic rings. The van der Waals surface area contributed by atoms with Gasteiger partial charge in [0.1, 0.15) is 0 Å². The SMILES string of the molecule is CC=Cc1cnc2ncn(C3CCOCC3)c2n1. The van der Waals surface area contributed by atoms with Gasteiger partial charge in [0.05, 0.1) is 18.2 Å². The fourth-order valence-electron chi connectivity index (χ4n) is 2.30. The monoisotopic (exact) mass is 244 g/mol. The fourth-order valence-corrected chi connectivity index (χ4v) is 2.30. The molecule has 0 radical (unpaired) electrons. The summed E-state index contributed by atoms with van der Waals surface area (Å²) in [5, 5.41) is 0. The Balaban J connectivity index is 2.02. The number of allylic oxidation sites excluding steroid dienone is 1. The smallest absolute Gasteiger partial charge is 0.197 e. The van der Waals surface area contributed by atoms with Gasteiger partial charge in [0.25, 0.3) is 0 Å². The van der Waals surface area contributed by atoms with E-state index in [2.05, 4.69) is 19.5 Å². The van der Waals surface area contributed by atoms with Crippen LogP contribution in [0.3, 0.4) is 0 Å². The Kier molecular flexibility index (Phi) is 3.06. The Morgan fingerprint density at radius 3 is 2.94 bits per heavy atom. The van der Waals surface area contributed by atoms with Crippen molar-refractivity contribution in [3.63, 3.8) is 0 Å². The van der Waals surface area contributed by atoms with Gasteiger partial charge in [-0.3, -0.25) is 0 Å². The second kappa shape index (κ2) is 4.86. The Morgan fingerprint density at radius 1 is 1.33 bits per heavy atom. The van der Waals surface area contributed by atoms with Crippen LogP contribution in [-0.2, 0) is 4.74 Å². The van der Waals surface area contributed by atoms with Crippen molar-refractivity contribution in [1.29, 1.82) is 0 Å². The van der Waals surface area contributed by atoms with Crippen LogP contribution in [-0.4, -0.2) is 32.7 Å². The van der Waals surface area contributed by atoms with Gasteiger partial charge < -0.3 is 9.30 Å². The molecule has 0 bridgehead atoms. The molecule has 0 N–H and O–H groups in total. The minimum absolute atomic E-state index is 0.430. The molecule has 3 heterocycles. The van der Waals surface area contributed by atoms with E-state index in [0.29, 0.717) is 6.04 Å². The first kappa shape index (κ1) is 11.3. The zero-order chi connectivity index (χ0) is 12.4. The van der Waals surface area contributed by atoms with E-state index < -0.39 is 0 Å². The standard InChI is InChI=1S/C13H16N4O/c1-2-3-10-8-14-12-13(16-10)17(9-15-12)11-4-6-18-7-5-11/h2-3,8-9,11H,4-7H2,1H3. The Labute approximate surface area is 106 Å². The molecule has 94 valence electrons. The summed E-state index contributed by atoms with van der Waals surface area (Å²) < 4.78 is 7.53. The Morgan fingerprint density at radius 2 is 2.17 bits per heavy atom. The minimum atomic E-state index is 0.430. The van der Waals surface area contributed by atoms with Crippen molar-refractivity contribution in [2.24, 2.45) is 0 Å². The zero-order valence-electron chi connectivity index (χ0n) is 10.4. The Bertz CT molecular complexity index is 569. The molecular weight excluding hydrogens is 228 g/mol. The van der Waals surface area contributed by atoms with Crippen molar-refractivity contribution >= 4 is 17.4 Å². The van der Waals surface area contributed by atoms with Crippen LogP contribution >= 0.6 is 0 Å². The van der Waals surface area contributed by atoms with Crippen molar-refractivity contribution in [1.82, 2.24) is 19.5 Å². The molecule has 1 fully saturated rings. The van der Waals surface area contributed by atoms with E-state index in [-0.39, 0.29) is 0 Å². The summed E-state index contributed by atoms with van der Waals surface area (Å²) in [5.74, 6) is 0. The number of nitrogens with zero attached hydrogens (tertiary/aromatic N) is 4. The van der Waals surface area contributed by atoms with Crippen LogP contribution in [0.4, 0.5) is 0 Å². The number of aromatic nitrogens is 4. The predicted octanol–water partition coefficient (Wildman–Crippen LogP) is 2.21. The van der Waals surface area contributed by atoms with Crippen LogP contribution in [0.5, 0.6) is 0 Å². The van der Waals surface area contributed by atoms with Crippen LogP contribution in [0.15, 0.2) is 18.6 Å². The average molecular weight is 244 g/mol. The molecule has 5 heteroatoms. The summed E-state index contributed by atoms with van der Waals surface area (Å²) in [6, 6.07) is 0.430. The molecule has 0 aliphatic carbocycles. The van der Waals surface area contributed by atoms with Gasteiger partial charge >= 0.3 is 0 Å². The van der Waals surface area contributed by atoms with E-state index in [0.717, 1.165) is 43.0 Å². The van der Waals surface area contributed by atoms with Crippen LogP contribution in [0.25, 0.3) is 17.4 Å². The molecule has 3 rings (SSSR count). The lowest BCUT2D eigenvalue weighted by Crippen LogP contribution is -2.19. The summed E-state index contributed by atoms with van der Waals surface area (Å²) in [6.45, 7) is 3.60. The molecule has 0 atom stereocenters. The number of hydrogen-bond donors (Lipinski definition) is 0. The van der Waals surface area contributed by atoms with Crippen molar-refractivity contribution in [3.8, 4) is 0 Å². The highest BCUT2D eigenvalue weighted by molar-refractivity contribution is 5.67. The van der Waals surface area contributed by atoms with E-state index in [1.807, 2.05) is 25.4 Å². The molecule has 0 spiro atoms. The third-order valence-electron chi connectivity index (χ3n) is 3.22. The molecule has 5 nitrogen and oxygen atoms in total. The summed E-state index contributed by atoms with van der Waals surface area (Å²) in [5.41, 5.74) is 2.46. The topological polar surface area (TPSA) is 52.8 Å². The number of hydrogen-bond acceptors (Lipinski definition) is 4. The normalized spacial score (nSPS) is 17.8. The molecule has 18 heavy (non-hydrogen) atoms. The molecule has 0 unspecified atom stereocenters. The van der Waals surface area contributed by atoms with Crippen molar-refractivity contribution < 1.29 is 4.74 Å². The van der Waals surface area contributed by atoms with Gasteiger partial charge in [-0.2, -0.15) is 0 Å². The fraction of sp³-hybridized carbons (Fsp3) is 0.462. The molecule has 1 saturated heterocycles. The molecule has 1 aliphatic rings. The maximum Gasteiger partial charge on any atom is 0.197 e. The number of fused-ring (bicyclic) bond motifs is 1. The predicted molar refractivity (Wildman–Crippen MR) is 69.1 cm³/mol. The third kappa shape index (κ3) is 2.01. The average Bonchev–Trinajstić information content (AvgIpc) is 2.83. The quantitative estimate of drug-likeness (QED) is 0.812. The zero-order valence-corrected chi connectivity index (χ0v) is 10.4. The van der Waals surface area contributed by atoms with Crippen molar-refractivity contribution in [2.75, 3.05) is 13.2 Å². The van der Waals surface area contributed by atoms with E-state index in [4.69, 9.17) is 4.74 Å². The minimum Gasteiger partial charge on any atom is -0.381 e. The summed E-state index contributed by atoms with van der Waals surface area (Å²) in [6.07, 6.45) is 9.55. The summed E-state index contributed by atoms with van der Waals surface area (Å²) in [7, 11) is 0. The van der Waals surface area contributed by atoms with Crippen LogP contribution in [0.2, 0.25) is 0 Å². The maximum absolute atomic E-state index is 5.39. The Hall–Kier alpha value is -1.75. The second-order valence-corrected chi connectivity index (χ2v) is 4.44. The van der Waals surface area contributed by atoms with E-state index in [1.165, 1.54) is 0 Å². The van der Waals surface area contributed by atoms with Crippen molar-refractivity contribution in [2.45, 2.75) is 25.8 Å². The van der Waals surface area contributed by atoms with Crippen LogP contribution in [0.1, 0.15) is 31.5 Å². The first-order valence-corrected chi connectivity index (χ1v) is 6.28. The van der Waals surface area contributed by atoms with Gasteiger partial charge in [-0.05, 0) is 25.8 Å².